The third-order valence-corrected chi connectivity index (χ3v) is 1.54. The molecule has 1 fully saturated rings. The smallest absolute Gasteiger partial charge is 0.0904 e. The summed E-state index contributed by atoms with van der Waals surface area (Å²) in [4.78, 5) is 0. The van der Waals surface area contributed by atoms with Gasteiger partial charge in [0.2, 0.25) is 0 Å². The highest BCUT2D eigenvalue weighted by atomic mass is 16.3. The highest BCUT2D eigenvalue weighted by molar-refractivity contribution is 4.97. The van der Waals surface area contributed by atoms with E-state index in [9.17, 15) is 0 Å². The van der Waals surface area contributed by atoms with Gasteiger partial charge in [0.1, 0.15) is 0 Å². The van der Waals surface area contributed by atoms with Crippen LogP contribution in [0.2, 0.25) is 0 Å². The Morgan fingerprint density at radius 1 is 1.57 bits per heavy atom. The second-order valence-electron chi connectivity index (χ2n) is 2.28. The van der Waals surface area contributed by atoms with E-state index in [1.807, 2.05) is 0 Å². The third kappa shape index (κ3) is 0.763. The number of rotatable bonds is 1. The first-order valence-electron chi connectivity index (χ1n) is 2.55. The van der Waals surface area contributed by atoms with E-state index in [0.717, 1.165) is 12.8 Å². The fraction of sp³-hybridized carbons (Fsp3) is 1.00. The van der Waals surface area contributed by atoms with E-state index in [0.29, 0.717) is 0 Å². The highest BCUT2D eigenvalue weighted by Crippen LogP contribution is 2.37. The minimum absolute atomic E-state index is 0.535. The molecular weight excluding hydrogens is 92.1 g/mol. The Kier molecular flexibility index (Phi) is 0.869. The van der Waals surface area contributed by atoms with Crippen LogP contribution in [0.25, 0.3) is 0 Å². The standard InChI is InChI=1S/C5H10O2/c1-4(6)5(7)2-3-5/h4,6-7H,2-3H2,1H3. The summed E-state index contributed by atoms with van der Waals surface area (Å²) in [6, 6.07) is 0. The number of aliphatic hydroxyl groups excluding tert-OH is 1. The minimum atomic E-state index is -0.694. The fourth-order valence-electron chi connectivity index (χ4n) is 0.546. The van der Waals surface area contributed by atoms with Crippen molar-refractivity contribution in [2.24, 2.45) is 0 Å². The zero-order valence-corrected chi connectivity index (χ0v) is 4.39. The summed E-state index contributed by atoms with van der Waals surface area (Å²) in [5.41, 5.74) is -0.694. The summed E-state index contributed by atoms with van der Waals surface area (Å²) >= 11 is 0. The lowest BCUT2D eigenvalue weighted by Gasteiger charge is -2.08. The van der Waals surface area contributed by atoms with E-state index in [1.54, 1.807) is 6.92 Å². The van der Waals surface area contributed by atoms with Gasteiger partial charge in [0.15, 0.2) is 0 Å². The van der Waals surface area contributed by atoms with Crippen LogP contribution in [-0.2, 0) is 0 Å². The molecule has 7 heavy (non-hydrogen) atoms. The van der Waals surface area contributed by atoms with Crippen LogP contribution >= 0.6 is 0 Å². The lowest BCUT2D eigenvalue weighted by atomic mass is 10.2. The van der Waals surface area contributed by atoms with Crippen molar-refractivity contribution < 1.29 is 10.2 Å². The summed E-state index contributed by atoms with van der Waals surface area (Å²) in [6.07, 6.45) is 1.00. The highest BCUT2D eigenvalue weighted by Gasteiger charge is 2.44. The lowest BCUT2D eigenvalue weighted by Crippen LogP contribution is -2.23. The molecule has 1 atom stereocenters. The Bertz CT molecular complexity index is 74.1. The Labute approximate surface area is 42.8 Å². The molecule has 0 heterocycles. The maximum atomic E-state index is 8.96. The summed E-state index contributed by atoms with van der Waals surface area (Å²) in [6.45, 7) is 1.62. The van der Waals surface area contributed by atoms with E-state index in [2.05, 4.69) is 0 Å². The number of hydrogen-bond donors (Lipinski definition) is 2. The van der Waals surface area contributed by atoms with E-state index in [4.69, 9.17) is 10.2 Å². The summed E-state index contributed by atoms with van der Waals surface area (Å²) < 4.78 is 0. The molecule has 0 aliphatic heterocycles. The molecule has 0 bridgehead atoms. The van der Waals surface area contributed by atoms with Crippen LogP contribution in [0.4, 0.5) is 0 Å². The fourth-order valence-corrected chi connectivity index (χ4v) is 0.546. The van der Waals surface area contributed by atoms with E-state index < -0.39 is 11.7 Å². The topological polar surface area (TPSA) is 40.5 Å². The molecule has 0 saturated heterocycles. The van der Waals surface area contributed by atoms with Gasteiger partial charge >= 0.3 is 0 Å². The van der Waals surface area contributed by atoms with Gasteiger partial charge in [-0.05, 0) is 19.8 Å². The molecule has 1 unspecified atom stereocenters. The molecule has 1 rings (SSSR count). The van der Waals surface area contributed by atoms with Crippen LogP contribution in [-0.4, -0.2) is 21.9 Å². The molecule has 1 saturated carbocycles. The Morgan fingerprint density at radius 3 is 2.00 bits per heavy atom. The van der Waals surface area contributed by atoms with Crippen LogP contribution in [0.5, 0.6) is 0 Å². The molecular formula is C5H10O2. The van der Waals surface area contributed by atoms with Crippen LogP contribution in [0.3, 0.4) is 0 Å². The molecule has 0 spiro atoms. The van der Waals surface area contributed by atoms with Crippen molar-refractivity contribution in [1.82, 2.24) is 0 Å². The van der Waals surface area contributed by atoms with Crippen molar-refractivity contribution in [2.75, 3.05) is 0 Å². The monoisotopic (exact) mass is 102 g/mol. The van der Waals surface area contributed by atoms with Gasteiger partial charge in [0.05, 0.1) is 11.7 Å². The van der Waals surface area contributed by atoms with Gasteiger partial charge in [-0.25, -0.2) is 0 Å². The molecule has 1 aliphatic carbocycles. The van der Waals surface area contributed by atoms with Gasteiger partial charge in [0.25, 0.3) is 0 Å². The molecule has 2 heteroatoms. The largest absolute Gasteiger partial charge is 0.390 e. The van der Waals surface area contributed by atoms with Gasteiger partial charge < -0.3 is 10.2 Å². The molecule has 0 radical (unpaired) electrons. The van der Waals surface area contributed by atoms with Crippen molar-refractivity contribution in [3.63, 3.8) is 0 Å². The minimum Gasteiger partial charge on any atom is -0.390 e. The summed E-state index contributed by atoms with van der Waals surface area (Å²) in [7, 11) is 0. The Balaban J connectivity index is 2.39. The van der Waals surface area contributed by atoms with Crippen LogP contribution < -0.4 is 0 Å². The predicted octanol–water partition coefficient (Wildman–Crippen LogP) is -0.108. The van der Waals surface area contributed by atoms with Crippen LogP contribution in [0.1, 0.15) is 19.8 Å². The maximum Gasteiger partial charge on any atom is 0.0904 e. The van der Waals surface area contributed by atoms with Gasteiger partial charge in [0, 0.05) is 0 Å². The molecule has 2 nitrogen and oxygen atoms in total. The van der Waals surface area contributed by atoms with E-state index >= 15 is 0 Å². The number of aliphatic hydroxyl groups is 2. The van der Waals surface area contributed by atoms with Crippen molar-refractivity contribution in [1.29, 1.82) is 0 Å². The molecule has 0 amide bonds. The van der Waals surface area contributed by atoms with Crippen LogP contribution in [0.15, 0.2) is 0 Å². The third-order valence-electron chi connectivity index (χ3n) is 1.54. The average Bonchev–Trinajstić information content (AvgIpc) is 2.21. The van der Waals surface area contributed by atoms with Gasteiger partial charge in [-0.1, -0.05) is 0 Å². The van der Waals surface area contributed by atoms with Crippen molar-refractivity contribution in [3.8, 4) is 0 Å². The first kappa shape index (κ1) is 5.06. The van der Waals surface area contributed by atoms with Gasteiger partial charge in [-0.3, -0.25) is 0 Å². The van der Waals surface area contributed by atoms with Crippen molar-refractivity contribution in [2.45, 2.75) is 31.5 Å². The van der Waals surface area contributed by atoms with Crippen molar-refractivity contribution >= 4 is 0 Å². The lowest BCUT2D eigenvalue weighted by molar-refractivity contribution is 0.0113. The van der Waals surface area contributed by atoms with Gasteiger partial charge in [-0.15, -0.1) is 0 Å². The molecule has 0 aromatic heterocycles. The molecule has 42 valence electrons. The van der Waals surface area contributed by atoms with Gasteiger partial charge in [-0.2, -0.15) is 0 Å². The first-order chi connectivity index (χ1) is 3.15. The van der Waals surface area contributed by atoms with Crippen LogP contribution in [0, 0.1) is 0 Å². The SMILES string of the molecule is CC(O)C1(O)CC1. The first-order valence-corrected chi connectivity index (χ1v) is 2.55. The second kappa shape index (κ2) is 1.20. The van der Waals surface area contributed by atoms with E-state index in [1.165, 1.54) is 0 Å². The normalized spacial score (nSPS) is 29.6. The Hall–Kier alpha value is -0.0800. The molecule has 0 aromatic rings. The zero-order valence-electron chi connectivity index (χ0n) is 4.39. The number of hydrogen-bond acceptors (Lipinski definition) is 2. The maximum absolute atomic E-state index is 8.96. The summed E-state index contributed by atoms with van der Waals surface area (Å²) in [5, 5.41) is 17.7. The Morgan fingerprint density at radius 2 is 2.00 bits per heavy atom. The summed E-state index contributed by atoms with van der Waals surface area (Å²) in [5.74, 6) is 0. The average molecular weight is 102 g/mol. The molecule has 0 aromatic carbocycles. The van der Waals surface area contributed by atoms with Crippen molar-refractivity contribution in [3.05, 3.63) is 0 Å². The second-order valence-corrected chi connectivity index (χ2v) is 2.28. The quantitative estimate of drug-likeness (QED) is 0.485. The van der Waals surface area contributed by atoms with E-state index in [-0.39, 0.29) is 0 Å². The molecule has 2 N–H and O–H groups in total. The molecule has 1 aliphatic rings. The predicted molar refractivity (Wildman–Crippen MR) is 25.9 cm³/mol. The zero-order chi connectivity index (χ0) is 5.49.